The third kappa shape index (κ3) is 5.79. The van der Waals surface area contributed by atoms with Gasteiger partial charge in [0.05, 0.1) is 0 Å². The van der Waals surface area contributed by atoms with Crippen LogP contribution in [0.15, 0.2) is 24.5 Å². The molecule has 1 amide bonds. The number of hydrogen-bond acceptors (Lipinski definition) is 6. The van der Waals surface area contributed by atoms with Crippen molar-refractivity contribution in [2.24, 2.45) is 11.3 Å². The molecular weight excluding hydrogens is 467 g/mol. The first kappa shape index (κ1) is 27.4. The minimum atomic E-state index is -0.414. The van der Waals surface area contributed by atoms with Crippen LogP contribution in [0.1, 0.15) is 82.4 Å². The lowest BCUT2D eigenvalue weighted by molar-refractivity contribution is -0.0335. The number of benzene rings is 1. The second kappa shape index (κ2) is 11.4. The predicted molar refractivity (Wildman–Crippen MR) is 145 cm³/mol. The van der Waals surface area contributed by atoms with Crippen molar-refractivity contribution in [3.05, 3.63) is 47.2 Å². The van der Waals surface area contributed by atoms with Gasteiger partial charge < -0.3 is 9.80 Å². The van der Waals surface area contributed by atoms with Gasteiger partial charge in [0.2, 0.25) is 0 Å². The molecule has 3 heterocycles. The fourth-order valence-corrected chi connectivity index (χ4v) is 6.31. The van der Waals surface area contributed by atoms with Gasteiger partial charge in [-0.2, -0.15) is 0 Å². The summed E-state index contributed by atoms with van der Waals surface area (Å²) in [6.07, 6.45) is 5.50. The summed E-state index contributed by atoms with van der Waals surface area (Å²) < 4.78 is 14.2. The number of halogens is 1. The molecule has 4 rings (SSSR count). The van der Waals surface area contributed by atoms with E-state index in [-0.39, 0.29) is 11.9 Å². The Morgan fingerprint density at radius 3 is 2.57 bits per heavy atom. The number of rotatable bonds is 10. The summed E-state index contributed by atoms with van der Waals surface area (Å²) >= 11 is 0. The number of anilines is 1. The van der Waals surface area contributed by atoms with Crippen LogP contribution >= 0.6 is 0 Å². The largest absolute Gasteiger partial charge is 0.354 e. The summed E-state index contributed by atoms with van der Waals surface area (Å²) in [5.74, 6) is 0.924. The zero-order valence-corrected chi connectivity index (χ0v) is 23.4. The summed E-state index contributed by atoms with van der Waals surface area (Å²) in [6.45, 7) is 17.6. The average molecular weight is 511 g/mol. The first-order chi connectivity index (χ1) is 17.7. The van der Waals surface area contributed by atoms with E-state index in [1.54, 1.807) is 11.0 Å². The lowest BCUT2D eigenvalue weighted by Crippen LogP contribution is -2.61. The fourth-order valence-electron chi connectivity index (χ4n) is 6.31. The Hall–Kier alpha value is -2.61. The number of hydrogen-bond donors (Lipinski definition) is 0. The first-order valence-electron chi connectivity index (χ1n) is 13.9. The topological polar surface area (TPSA) is 65.5 Å². The Morgan fingerprint density at radius 1 is 1.16 bits per heavy atom. The molecule has 1 aromatic heterocycles. The fraction of sp³-hybridized carbons (Fsp3) is 0.655. The SMILES string of the molecule is CCCC(C(C)C)N1CC2(CCN(c3ncnnc3Cc3ccc(F)cc3C(=O)N(CC)C(C)C)C2)C1. The average Bonchev–Trinajstić information content (AvgIpc) is 3.29. The summed E-state index contributed by atoms with van der Waals surface area (Å²) in [5, 5.41) is 8.51. The molecule has 2 aliphatic rings. The van der Waals surface area contributed by atoms with Crippen molar-refractivity contribution >= 4 is 11.7 Å². The van der Waals surface area contributed by atoms with Crippen LogP contribution in [0.25, 0.3) is 0 Å². The van der Waals surface area contributed by atoms with Crippen molar-refractivity contribution in [1.82, 2.24) is 25.0 Å². The van der Waals surface area contributed by atoms with Crippen LogP contribution in [-0.4, -0.2) is 75.7 Å². The third-order valence-electron chi connectivity index (χ3n) is 8.19. The molecule has 8 heteroatoms. The van der Waals surface area contributed by atoms with Crippen LogP contribution in [0.2, 0.25) is 0 Å². The van der Waals surface area contributed by atoms with Crippen LogP contribution in [0.3, 0.4) is 0 Å². The summed E-state index contributed by atoms with van der Waals surface area (Å²) in [7, 11) is 0. The molecule has 2 aromatic rings. The molecule has 1 aromatic carbocycles. The van der Waals surface area contributed by atoms with Crippen LogP contribution in [-0.2, 0) is 6.42 Å². The molecule has 0 N–H and O–H groups in total. The van der Waals surface area contributed by atoms with Gasteiger partial charge in [-0.1, -0.05) is 33.3 Å². The highest BCUT2D eigenvalue weighted by atomic mass is 19.1. The van der Waals surface area contributed by atoms with E-state index < -0.39 is 5.82 Å². The molecule has 1 unspecified atom stereocenters. The van der Waals surface area contributed by atoms with Crippen molar-refractivity contribution < 1.29 is 9.18 Å². The highest BCUT2D eigenvalue weighted by Gasteiger charge is 2.50. The minimum Gasteiger partial charge on any atom is -0.354 e. The Bertz CT molecular complexity index is 1080. The van der Waals surface area contributed by atoms with Crippen LogP contribution in [0.4, 0.5) is 10.2 Å². The van der Waals surface area contributed by atoms with E-state index in [0.717, 1.165) is 49.7 Å². The van der Waals surface area contributed by atoms with Gasteiger partial charge in [-0.15, -0.1) is 10.2 Å². The van der Waals surface area contributed by atoms with Crippen molar-refractivity contribution in [2.75, 3.05) is 37.6 Å². The lowest BCUT2D eigenvalue weighted by atomic mass is 9.76. The molecule has 0 aliphatic carbocycles. The predicted octanol–water partition coefficient (Wildman–Crippen LogP) is 4.81. The molecule has 0 radical (unpaired) electrons. The van der Waals surface area contributed by atoms with Gasteiger partial charge in [0, 0.05) is 62.2 Å². The van der Waals surface area contributed by atoms with Crippen LogP contribution < -0.4 is 4.90 Å². The van der Waals surface area contributed by atoms with E-state index in [9.17, 15) is 9.18 Å². The quantitative estimate of drug-likeness (QED) is 0.457. The number of nitrogens with zero attached hydrogens (tertiary/aromatic N) is 6. The molecule has 1 atom stereocenters. The monoisotopic (exact) mass is 510 g/mol. The maximum atomic E-state index is 14.2. The van der Waals surface area contributed by atoms with Crippen molar-refractivity contribution in [1.29, 1.82) is 0 Å². The first-order valence-corrected chi connectivity index (χ1v) is 13.9. The molecule has 202 valence electrons. The maximum absolute atomic E-state index is 14.2. The Kier molecular flexibility index (Phi) is 8.46. The summed E-state index contributed by atoms with van der Waals surface area (Å²) in [6, 6.07) is 5.14. The molecule has 0 saturated carbocycles. The van der Waals surface area contributed by atoms with Gasteiger partial charge in [0.25, 0.3) is 5.91 Å². The van der Waals surface area contributed by atoms with Gasteiger partial charge in [0.1, 0.15) is 17.8 Å². The van der Waals surface area contributed by atoms with Crippen molar-refractivity contribution in [3.63, 3.8) is 0 Å². The van der Waals surface area contributed by atoms with E-state index in [1.807, 2.05) is 20.8 Å². The number of likely N-dealkylation sites (tertiary alicyclic amines) is 1. The molecule has 2 aliphatic heterocycles. The zero-order chi connectivity index (χ0) is 26.7. The molecule has 0 bridgehead atoms. The summed E-state index contributed by atoms with van der Waals surface area (Å²) in [4.78, 5) is 24.7. The maximum Gasteiger partial charge on any atom is 0.254 e. The smallest absolute Gasteiger partial charge is 0.254 e. The van der Waals surface area contributed by atoms with Crippen LogP contribution in [0.5, 0.6) is 0 Å². The minimum absolute atomic E-state index is 0.0258. The van der Waals surface area contributed by atoms with E-state index >= 15 is 0 Å². The van der Waals surface area contributed by atoms with E-state index in [1.165, 1.54) is 31.3 Å². The van der Waals surface area contributed by atoms with Gasteiger partial charge in [-0.05, 0) is 57.2 Å². The Balaban J connectivity index is 1.52. The zero-order valence-electron chi connectivity index (χ0n) is 23.4. The number of carbonyl (C=O) groups is 1. The molecule has 2 saturated heterocycles. The van der Waals surface area contributed by atoms with Gasteiger partial charge in [0.15, 0.2) is 5.82 Å². The van der Waals surface area contributed by atoms with Gasteiger partial charge in [-0.25, -0.2) is 9.37 Å². The highest BCUT2D eigenvalue weighted by Crippen LogP contribution is 2.43. The van der Waals surface area contributed by atoms with Gasteiger partial charge >= 0.3 is 0 Å². The number of amides is 1. The highest BCUT2D eigenvalue weighted by molar-refractivity contribution is 5.96. The third-order valence-corrected chi connectivity index (χ3v) is 8.19. The molecule has 7 nitrogen and oxygen atoms in total. The molecule has 1 spiro atoms. The summed E-state index contributed by atoms with van der Waals surface area (Å²) in [5.41, 5.74) is 2.17. The second-order valence-corrected chi connectivity index (χ2v) is 11.6. The van der Waals surface area contributed by atoms with Crippen LogP contribution in [0, 0.1) is 17.2 Å². The lowest BCUT2D eigenvalue weighted by Gasteiger charge is -2.53. The van der Waals surface area contributed by atoms with Crippen molar-refractivity contribution in [3.8, 4) is 0 Å². The molecular formula is C29H43FN6O. The van der Waals surface area contributed by atoms with E-state index in [0.29, 0.717) is 35.9 Å². The standard InChI is InChI=1S/C29H43FN6O/c1-7-9-26(20(3)4)35-17-29(18-35)12-13-34(16-29)27-25(33-32-19-31-27)14-22-10-11-23(30)15-24(22)28(37)36(8-2)21(5)6/h10-11,15,19-21,26H,7-9,12-14,16-18H2,1-6H3. The Labute approximate surface area is 221 Å². The number of carbonyl (C=O) groups excluding carboxylic acids is 1. The molecule has 2 fully saturated rings. The van der Waals surface area contributed by atoms with E-state index in [2.05, 4.69) is 45.8 Å². The van der Waals surface area contributed by atoms with E-state index in [4.69, 9.17) is 0 Å². The Morgan fingerprint density at radius 2 is 1.92 bits per heavy atom. The second-order valence-electron chi connectivity index (χ2n) is 11.6. The normalized spacial score (nSPS) is 18.0. The van der Waals surface area contributed by atoms with Gasteiger partial charge in [-0.3, -0.25) is 9.69 Å². The number of aromatic nitrogens is 3. The van der Waals surface area contributed by atoms with Crippen molar-refractivity contribution in [2.45, 2.75) is 79.3 Å². The molecule has 37 heavy (non-hydrogen) atoms.